The van der Waals surface area contributed by atoms with E-state index in [0.717, 1.165) is 16.2 Å². The topological polar surface area (TPSA) is 88.5 Å². The van der Waals surface area contributed by atoms with Crippen molar-refractivity contribution in [3.8, 4) is 0 Å². The average Bonchev–Trinajstić information content (AvgIpc) is 3.58. The number of hydrogen-bond donors (Lipinski definition) is 1. The zero-order valence-electron chi connectivity index (χ0n) is 19.0. The minimum Gasteiger partial charge on any atom is -0.325 e. The van der Waals surface area contributed by atoms with Gasteiger partial charge in [-0.2, -0.15) is 0 Å². The lowest BCUT2D eigenvalue weighted by Gasteiger charge is -2.29. The molecule has 4 heterocycles. The van der Waals surface area contributed by atoms with Crippen molar-refractivity contribution in [2.24, 2.45) is 5.92 Å². The molecule has 2 aromatic carbocycles. The van der Waals surface area contributed by atoms with Gasteiger partial charge in [0.2, 0.25) is 17.7 Å². The number of fused-ring (bicyclic) bond motifs is 2. The SMILES string of the molecule is O=C(Cn1c2c(sc1=O)C(c1cccs1)C1C(=O)N(c3ccc(Cl)cc3)C(=O)C1S2)Nc1ccccc1. The molecular weight excluding hydrogens is 550 g/mol. The molecule has 11 heteroatoms. The maximum atomic E-state index is 13.7. The van der Waals surface area contributed by atoms with Gasteiger partial charge in [0.05, 0.1) is 16.6 Å². The second-order valence-electron chi connectivity index (χ2n) is 8.58. The summed E-state index contributed by atoms with van der Waals surface area (Å²) in [6, 6.07) is 19.4. The molecule has 0 saturated carbocycles. The van der Waals surface area contributed by atoms with Crippen LogP contribution >= 0.6 is 46.0 Å². The van der Waals surface area contributed by atoms with Crippen molar-refractivity contribution in [2.45, 2.75) is 22.7 Å². The number of carbonyl (C=O) groups is 3. The van der Waals surface area contributed by atoms with Crippen LogP contribution < -0.4 is 15.1 Å². The predicted molar refractivity (Wildman–Crippen MR) is 147 cm³/mol. The number of para-hydroxylation sites is 1. The molecule has 0 spiro atoms. The molecule has 0 bridgehead atoms. The molecule has 1 N–H and O–H groups in total. The second-order valence-corrected chi connectivity index (χ2v) is 12.1. The summed E-state index contributed by atoms with van der Waals surface area (Å²) in [5, 5.41) is 5.07. The monoisotopic (exact) mass is 567 g/mol. The number of nitrogens with zero attached hydrogens (tertiary/aromatic N) is 2. The van der Waals surface area contributed by atoms with Gasteiger partial charge in [-0.1, -0.05) is 59.0 Å². The van der Waals surface area contributed by atoms with Crippen LogP contribution in [0.2, 0.25) is 5.02 Å². The van der Waals surface area contributed by atoms with E-state index >= 15 is 0 Å². The summed E-state index contributed by atoms with van der Waals surface area (Å²) >= 11 is 9.74. The zero-order chi connectivity index (χ0) is 25.7. The lowest BCUT2D eigenvalue weighted by molar-refractivity contribution is -0.122. The summed E-state index contributed by atoms with van der Waals surface area (Å²) < 4.78 is 1.42. The second kappa shape index (κ2) is 9.60. The smallest absolute Gasteiger partial charge is 0.308 e. The predicted octanol–water partition coefficient (Wildman–Crippen LogP) is 5.06. The molecule has 3 amide bonds. The molecule has 2 aliphatic heterocycles. The van der Waals surface area contributed by atoms with Gasteiger partial charge in [0.1, 0.15) is 11.8 Å². The molecule has 0 aliphatic carbocycles. The van der Waals surface area contributed by atoms with Crippen molar-refractivity contribution in [1.29, 1.82) is 0 Å². The molecule has 1 fully saturated rings. The zero-order valence-corrected chi connectivity index (χ0v) is 22.2. The van der Waals surface area contributed by atoms with Crippen LogP contribution in [0.15, 0.2) is 81.9 Å². The Hall–Kier alpha value is -3.18. The molecule has 7 nitrogen and oxygen atoms in total. The summed E-state index contributed by atoms with van der Waals surface area (Å²) in [5.41, 5.74) is 1.09. The van der Waals surface area contributed by atoms with Crippen molar-refractivity contribution in [3.63, 3.8) is 0 Å². The van der Waals surface area contributed by atoms with Gasteiger partial charge in [0.15, 0.2) is 0 Å². The molecule has 2 aliphatic rings. The Kier molecular flexibility index (Phi) is 6.28. The van der Waals surface area contributed by atoms with Crippen LogP contribution in [0, 0.1) is 5.92 Å². The van der Waals surface area contributed by atoms with Crippen LogP contribution in [0.4, 0.5) is 11.4 Å². The molecule has 0 radical (unpaired) electrons. The molecule has 3 atom stereocenters. The number of rotatable bonds is 5. The van der Waals surface area contributed by atoms with Crippen LogP contribution in [0.1, 0.15) is 15.7 Å². The molecule has 3 unspecified atom stereocenters. The fraction of sp³-hybridized carbons (Fsp3) is 0.154. The fourth-order valence-corrected chi connectivity index (χ4v) is 8.59. The number of amides is 3. The Morgan fingerprint density at radius 2 is 1.70 bits per heavy atom. The lowest BCUT2D eigenvalue weighted by Crippen LogP contribution is -2.32. The lowest BCUT2D eigenvalue weighted by atomic mass is 9.87. The van der Waals surface area contributed by atoms with Gasteiger partial charge in [-0.15, -0.1) is 11.3 Å². The highest BCUT2D eigenvalue weighted by Crippen LogP contribution is 2.54. The van der Waals surface area contributed by atoms with Gasteiger partial charge in [-0.3, -0.25) is 23.7 Å². The van der Waals surface area contributed by atoms with Crippen molar-refractivity contribution >= 4 is 75.1 Å². The summed E-state index contributed by atoms with van der Waals surface area (Å²) in [5.74, 6) is -2.10. The highest BCUT2D eigenvalue weighted by Gasteiger charge is 2.57. The first-order chi connectivity index (χ1) is 17.9. The van der Waals surface area contributed by atoms with Gasteiger partial charge < -0.3 is 5.32 Å². The Labute approximate surface area is 228 Å². The molecule has 4 aromatic rings. The minimum absolute atomic E-state index is 0.190. The molecule has 6 rings (SSSR count). The first kappa shape index (κ1) is 24.2. The summed E-state index contributed by atoms with van der Waals surface area (Å²) in [4.78, 5) is 55.8. The molecular formula is C26H18ClN3O4S3. The van der Waals surface area contributed by atoms with Crippen molar-refractivity contribution in [2.75, 3.05) is 10.2 Å². The van der Waals surface area contributed by atoms with Crippen LogP contribution in [-0.2, 0) is 20.9 Å². The number of aromatic nitrogens is 1. The number of thiazole rings is 1. The van der Waals surface area contributed by atoms with E-state index in [-0.39, 0.29) is 29.1 Å². The number of hydrogen-bond acceptors (Lipinski definition) is 7. The standard InChI is InChI=1S/C26H18ClN3O4S3/c27-14-8-10-16(11-9-14)30-23(32)20-19(17-7-4-12-35-17)22-25(36-21(20)24(30)33)29(26(34)37-22)13-18(31)28-15-5-2-1-3-6-15/h1-12,19-21H,13H2,(H,28,31). The van der Waals surface area contributed by atoms with E-state index < -0.39 is 17.1 Å². The van der Waals surface area contributed by atoms with E-state index in [1.807, 2.05) is 35.7 Å². The van der Waals surface area contributed by atoms with Gasteiger partial charge in [-0.05, 0) is 47.8 Å². The van der Waals surface area contributed by atoms with E-state index in [1.54, 1.807) is 36.4 Å². The largest absolute Gasteiger partial charge is 0.325 e. The van der Waals surface area contributed by atoms with Crippen LogP contribution in [0.5, 0.6) is 0 Å². The first-order valence-corrected chi connectivity index (χ1v) is 14.3. The summed E-state index contributed by atoms with van der Waals surface area (Å²) in [7, 11) is 0. The number of thiophene rings is 1. The summed E-state index contributed by atoms with van der Waals surface area (Å²) in [6.07, 6.45) is 0. The highest BCUT2D eigenvalue weighted by atomic mass is 35.5. The van der Waals surface area contributed by atoms with E-state index in [1.165, 1.54) is 32.6 Å². The van der Waals surface area contributed by atoms with Crippen LogP contribution in [-0.4, -0.2) is 27.5 Å². The van der Waals surface area contributed by atoms with Crippen molar-refractivity contribution in [3.05, 3.63) is 96.6 Å². The number of nitrogens with one attached hydrogen (secondary N) is 1. The third-order valence-electron chi connectivity index (χ3n) is 6.34. The van der Waals surface area contributed by atoms with Gasteiger partial charge in [0, 0.05) is 26.4 Å². The normalized spacial score (nSPS) is 20.6. The van der Waals surface area contributed by atoms with Gasteiger partial charge in [0.25, 0.3) is 0 Å². The van der Waals surface area contributed by atoms with Crippen LogP contribution in [0.25, 0.3) is 0 Å². The highest BCUT2D eigenvalue weighted by molar-refractivity contribution is 8.00. The number of halogens is 1. The number of anilines is 2. The number of carbonyl (C=O) groups excluding carboxylic acids is 3. The third kappa shape index (κ3) is 4.23. The molecule has 1 saturated heterocycles. The Morgan fingerprint density at radius 1 is 0.946 bits per heavy atom. The van der Waals surface area contributed by atoms with Gasteiger partial charge >= 0.3 is 4.87 Å². The number of thioether (sulfide) groups is 1. The van der Waals surface area contributed by atoms with E-state index in [2.05, 4.69) is 5.32 Å². The summed E-state index contributed by atoms with van der Waals surface area (Å²) in [6.45, 7) is -0.190. The Morgan fingerprint density at radius 3 is 2.41 bits per heavy atom. The molecule has 2 aromatic heterocycles. The Bertz CT molecular complexity index is 1560. The van der Waals surface area contributed by atoms with E-state index in [9.17, 15) is 19.2 Å². The van der Waals surface area contributed by atoms with E-state index in [4.69, 9.17) is 11.6 Å². The Balaban J connectivity index is 1.39. The quantitative estimate of drug-likeness (QED) is 0.341. The van der Waals surface area contributed by atoms with Gasteiger partial charge in [-0.25, -0.2) is 4.90 Å². The van der Waals surface area contributed by atoms with Crippen LogP contribution in [0.3, 0.4) is 0 Å². The average molecular weight is 568 g/mol. The molecule has 37 heavy (non-hydrogen) atoms. The number of benzene rings is 2. The molecule has 186 valence electrons. The first-order valence-electron chi connectivity index (χ1n) is 11.3. The van der Waals surface area contributed by atoms with Crippen molar-refractivity contribution < 1.29 is 14.4 Å². The maximum absolute atomic E-state index is 13.7. The van der Waals surface area contributed by atoms with E-state index in [0.29, 0.717) is 26.3 Å². The minimum atomic E-state index is -0.722. The van der Waals surface area contributed by atoms with Crippen molar-refractivity contribution in [1.82, 2.24) is 4.57 Å². The fourth-order valence-electron chi connectivity index (χ4n) is 4.74. The number of imide groups is 1. The maximum Gasteiger partial charge on any atom is 0.308 e. The third-order valence-corrected chi connectivity index (χ3v) is 10.2.